The third-order valence-corrected chi connectivity index (χ3v) is 5.91. The first-order valence-corrected chi connectivity index (χ1v) is 11.2. The molecule has 0 unspecified atom stereocenters. The lowest BCUT2D eigenvalue weighted by molar-refractivity contribution is -0.143. The van der Waals surface area contributed by atoms with Crippen molar-refractivity contribution in [1.82, 2.24) is 14.9 Å². The van der Waals surface area contributed by atoms with Gasteiger partial charge in [-0.1, -0.05) is 24.2 Å². The molecule has 0 radical (unpaired) electrons. The molecule has 2 aromatic rings. The fourth-order valence-electron chi connectivity index (χ4n) is 3.46. The predicted octanol–water partition coefficient (Wildman–Crippen LogP) is 4.24. The van der Waals surface area contributed by atoms with Crippen molar-refractivity contribution in [3.05, 3.63) is 36.2 Å². The van der Waals surface area contributed by atoms with Crippen LogP contribution in [0.3, 0.4) is 0 Å². The van der Waals surface area contributed by atoms with Crippen LogP contribution in [0.15, 0.2) is 40.5 Å². The molecule has 1 aliphatic rings. The SMILES string of the molecule is CCOC(=O)CCCCCN(C)Cc1ccc2c(c1)N(COC)c1nccnc1S2. The molecular weight excluding hydrogens is 400 g/mol. The summed E-state index contributed by atoms with van der Waals surface area (Å²) in [4.78, 5) is 25.9. The van der Waals surface area contributed by atoms with Crippen LogP contribution in [0.1, 0.15) is 38.2 Å². The summed E-state index contributed by atoms with van der Waals surface area (Å²) in [5.74, 6) is 0.744. The van der Waals surface area contributed by atoms with Crippen molar-refractivity contribution in [2.24, 2.45) is 0 Å². The molecule has 1 aromatic carbocycles. The molecule has 0 saturated heterocycles. The first kappa shape index (κ1) is 22.5. The van der Waals surface area contributed by atoms with Gasteiger partial charge in [0.05, 0.1) is 12.3 Å². The number of nitrogens with zero attached hydrogens (tertiary/aromatic N) is 4. The molecule has 0 amide bonds. The van der Waals surface area contributed by atoms with Gasteiger partial charge in [-0.15, -0.1) is 0 Å². The van der Waals surface area contributed by atoms with Crippen LogP contribution in [0.25, 0.3) is 0 Å². The number of carbonyl (C=O) groups excluding carboxylic acids is 1. The lowest BCUT2D eigenvalue weighted by atomic mass is 10.1. The number of anilines is 2. The highest BCUT2D eigenvalue weighted by Crippen LogP contribution is 2.46. The lowest BCUT2D eigenvalue weighted by Crippen LogP contribution is -2.25. The number of hydrogen-bond donors (Lipinski definition) is 0. The number of carbonyl (C=O) groups is 1. The summed E-state index contributed by atoms with van der Waals surface area (Å²) < 4.78 is 10.4. The summed E-state index contributed by atoms with van der Waals surface area (Å²) in [5, 5.41) is 0.898. The first-order valence-electron chi connectivity index (χ1n) is 10.3. The molecule has 0 aliphatic carbocycles. The van der Waals surface area contributed by atoms with Crippen LogP contribution >= 0.6 is 11.8 Å². The van der Waals surface area contributed by atoms with Gasteiger partial charge in [0.2, 0.25) is 0 Å². The van der Waals surface area contributed by atoms with E-state index in [0.29, 0.717) is 19.8 Å². The Hall–Kier alpha value is -2.16. The monoisotopic (exact) mass is 430 g/mol. The van der Waals surface area contributed by atoms with E-state index in [2.05, 4.69) is 45.0 Å². The van der Waals surface area contributed by atoms with Crippen LogP contribution in [-0.4, -0.2) is 54.9 Å². The van der Waals surface area contributed by atoms with Crippen molar-refractivity contribution in [2.45, 2.75) is 49.1 Å². The van der Waals surface area contributed by atoms with Crippen LogP contribution in [-0.2, 0) is 20.8 Å². The second-order valence-corrected chi connectivity index (χ2v) is 8.32. The second kappa shape index (κ2) is 11.3. The average Bonchev–Trinajstić information content (AvgIpc) is 2.74. The van der Waals surface area contributed by atoms with Crippen molar-refractivity contribution < 1.29 is 14.3 Å². The van der Waals surface area contributed by atoms with Crippen LogP contribution in [0.2, 0.25) is 0 Å². The summed E-state index contributed by atoms with van der Waals surface area (Å²) in [5.41, 5.74) is 2.35. The molecule has 0 saturated carbocycles. The number of esters is 1. The van der Waals surface area contributed by atoms with Gasteiger partial charge < -0.3 is 14.4 Å². The molecule has 2 heterocycles. The van der Waals surface area contributed by atoms with Crippen molar-refractivity contribution >= 4 is 29.2 Å². The number of ether oxygens (including phenoxy) is 2. The lowest BCUT2D eigenvalue weighted by Gasteiger charge is -2.30. The Labute approximate surface area is 182 Å². The van der Waals surface area contributed by atoms with Crippen molar-refractivity contribution in [3.8, 4) is 0 Å². The molecule has 0 atom stereocenters. The molecule has 162 valence electrons. The van der Waals surface area contributed by atoms with E-state index in [1.807, 2.05) is 6.92 Å². The van der Waals surface area contributed by atoms with Gasteiger partial charge in [0.25, 0.3) is 0 Å². The highest BCUT2D eigenvalue weighted by Gasteiger charge is 2.25. The minimum Gasteiger partial charge on any atom is -0.466 e. The maximum Gasteiger partial charge on any atom is 0.305 e. The quantitative estimate of drug-likeness (QED) is 0.387. The highest BCUT2D eigenvalue weighted by molar-refractivity contribution is 7.99. The van der Waals surface area contributed by atoms with Crippen molar-refractivity contribution in [2.75, 3.05) is 38.9 Å². The Morgan fingerprint density at radius 3 is 2.83 bits per heavy atom. The molecule has 1 aromatic heterocycles. The first-order chi connectivity index (χ1) is 14.6. The fourth-order valence-corrected chi connectivity index (χ4v) is 4.45. The van der Waals surface area contributed by atoms with Gasteiger partial charge in [-0.05, 0) is 51.1 Å². The Morgan fingerprint density at radius 1 is 1.20 bits per heavy atom. The zero-order chi connectivity index (χ0) is 21.3. The molecule has 0 fully saturated rings. The normalized spacial score (nSPS) is 12.6. The molecule has 8 heteroatoms. The molecule has 1 aliphatic heterocycles. The van der Waals surface area contributed by atoms with E-state index in [4.69, 9.17) is 9.47 Å². The summed E-state index contributed by atoms with van der Waals surface area (Å²) in [7, 11) is 3.82. The third-order valence-electron chi connectivity index (χ3n) is 4.86. The van der Waals surface area contributed by atoms with E-state index in [1.165, 1.54) is 5.56 Å². The molecule has 30 heavy (non-hydrogen) atoms. The van der Waals surface area contributed by atoms with Crippen LogP contribution in [0, 0.1) is 0 Å². The molecule has 0 N–H and O–H groups in total. The minimum absolute atomic E-state index is 0.0929. The van der Waals surface area contributed by atoms with Gasteiger partial charge in [0.1, 0.15) is 11.8 Å². The Balaban J connectivity index is 1.56. The summed E-state index contributed by atoms with van der Waals surface area (Å²) >= 11 is 1.64. The van der Waals surface area contributed by atoms with Crippen molar-refractivity contribution in [3.63, 3.8) is 0 Å². The summed E-state index contributed by atoms with van der Waals surface area (Å²) in [6.07, 6.45) is 6.93. The number of methoxy groups -OCH3 is 1. The van der Waals surface area contributed by atoms with E-state index in [1.54, 1.807) is 31.3 Å². The largest absolute Gasteiger partial charge is 0.466 e. The molecule has 0 bridgehead atoms. The number of aromatic nitrogens is 2. The highest BCUT2D eigenvalue weighted by atomic mass is 32.2. The number of hydrogen-bond acceptors (Lipinski definition) is 8. The Kier molecular flexibility index (Phi) is 8.48. The molecule has 7 nitrogen and oxygen atoms in total. The van der Waals surface area contributed by atoms with Gasteiger partial charge in [-0.2, -0.15) is 0 Å². The zero-order valence-electron chi connectivity index (χ0n) is 18.0. The van der Waals surface area contributed by atoms with Crippen LogP contribution in [0.4, 0.5) is 11.5 Å². The number of benzene rings is 1. The van der Waals surface area contributed by atoms with Gasteiger partial charge >= 0.3 is 5.97 Å². The summed E-state index contributed by atoms with van der Waals surface area (Å²) in [6.45, 7) is 4.58. The molecule has 0 spiro atoms. The van der Waals surface area contributed by atoms with Gasteiger partial charge in [-0.25, -0.2) is 9.97 Å². The van der Waals surface area contributed by atoms with Gasteiger partial charge in [0, 0.05) is 37.4 Å². The fraction of sp³-hybridized carbons (Fsp3) is 0.500. The second-order valence-electron chi connectivity index (χ2n) is 7.29. The van der Waals surface area contributed by atoms with E-state index in [9.17, 15) is 4.79 Å². The van der Waals surface area contributed by atoms with E-state index >= 15 is 0 Å². The number of rotatable bonds is 11. The van der Waals surface area contributed by atoms with E-state index in [0.717, 1.165) is 53.8 Å². The van der Waals surface area contributed by atoms with E-state index in [-0.39, 0.29) is 5.97 Å². The van der Waals surface area contributed by atoms with Gasteiger partial charge in [-0.3, -0.25) is 9.69 Å². The Morgan fingerprint density at radius 2 is 2.03 bits per heavy atom. The maximum atomic E-state index is 11.4. The predicted molar refractivity (Wildman–Crippen MR) is 118 cm³/mol. The van der Waals surface area contributed by atoms with E-state index < -0.39 is 0 Å². The maximum absolute atomic E-state index is 11.4. The topological polar surface area (TPSA) is 67.8 Å². The standard InChI is InChI=1S/C22H30N4O3S/c1-4-29-20(27)8-6-5-7-13-25(2)15-17-9-10-19-18(14-17)26(16-28-3)21-22(30-19)24-12-11-23-21/h9-12,14H,4-8,13,15-16H2,1-3H3. The third kappa shape index (κ3) is 5.93. The molecule has 3 rings (SSSR count). The van der Waals surface area contributed by atoms with Crippen LogP contribution < -0.4 is 4.90 Å². The number of unbranched alkanes of at least 4 members (excludes halogenated alkanes) is 2. The zero-order valence-corrected chi connectivity index (χ0v) is 18.8. The van der Waals surface area contributed by atoms with Crippen LogP contribution in [0.5, 0.6) is 0 Å². The smallest absolute Gasteiger partial charge is 0.305 e. The summed E-state index contributed by atoms with van der Waals surface area (Å²) in [6, 6.07) is 6.55. The average molecular weight is 431 g/mol. The Bertz CT molecular complexity index is 849. The number of fused-ring (bicyclic) bond motifs is 2. The van der Waals surface area contributed by atoms with Crippen molar-refractivity contribution in [1.29, 1.82) is 0 Å². The minimum atomic E-state index is -0.0929. The van der Waals surface area contributed by atoms with Gasteiger partial charge in [0.15, 0.2) is 5.82 Å². The molecular formula is C22H30N4O3S.